The summed E-state index contributed by atoms with van der Waals surface area (Å²) < 4.78 is 10.4. The fraction of sp³-hybridized carbons (Fsp3) is 0.455. The smallest absolute Gasteiger partial charge is 0.324 e. The maximum Gasteiger partial charge on any atom is 0.324 e. The first-order chi connectivity index (χ1) is 9.44. The molecule has 0 saturated heterocycles. The van der Waals surface area contributed by atoms with Crippen molar-refractivity contribution in [3.8, 4) is 10.8 Å². The second kappa shape index (κ2) is 5.65. The predicted molar refractivity (Wildman–Crippen MR) is 72.3 cm³/mol. The summed E-state index contributed by atoms with van der Waals surface area (Å²) in [5, 5.41) is 14.5. The molecule has 0 amide bonds. The Balaban J connectivity index is 2.21. The Labute approximate surface area is 118 Å². The van der Waals surface area contributed by atoms with Crippen LogP contribution in [-0.2, 0) is 10.3 Å². The van der Waals surface area contributed by atoms with Crippen LogP contribution in [0.1, 0.15) is 19.7 Å². The average molecular weight is 298 g/mol. The van der Waals surface area contributed by atoms with Crippen molar-refractivity contribution in [1.29, 1.82) is 0 Å². The van der Waals surface area contributed by atoms with Crippen molar-refractivity contribution < 1.29 is 14.2 Å². The average Bonchev–Trinajstić information content (AvgIpc) is 3.04. The number of thiophene rings is 1. The first-order valence-corrected chi connectivity index (χ1v) is 6.71. The second-order valence-electron chi connectivity index (χ2n) is 4.37. The van der Waals surface area contributed by atoms with Gasteiger partial charge in [-0.1, -0.05) is 16.5 Å². The molecule has 2 heterocycles. The maximum absolute atomic E-state index is 10.6. The highest BCUT2D eigenvalue weighted by molar-refractivity contribution is 7.18. The minimum Gasteiger partial charge on any atom is -0.379 e. The molecule has 2 rings (SSSR count). The molecule has 0 spiro atoms. The molecule has 8 nitrogen and oxygen atoms in total. The quantitative estimate of drug-likeness (QED) is 0.639. The van der Waals surface area contributed by atoms with Crippen LogP contribution < -0.4 is 5.73 Å². The summed E-state index contributed by atoms with van der Waals surface area (Å²) in [6.45, 7) is 4.39. The van der Waals surface area contributed by atoms with Crippen LogP contribution in [0.3, 0.4) is 0 Å². The molecule has 0 aliphatic rings. The molecule has 1 atom stereocenters. The number of aromatic nitrogens is 2. The number of hydrogen-bond donors (Lipinski definition) is 1. The van der Waals surface area contributed by atoms with Gasteiger partial charge < -0.3 is 15.0 Å². The van der Waals surface area contributed by atoms with Gasteiger partial charge in [-0.3, -0.25) is 10.1 Å². The van der Waals surface area contributed by atoms with Crippen molar-refractivity contribution >= 4 is 16.3 Å². The standard InChI is InChI=1S/C11H14N4O4S/c1-3-18-6-11(2,12)10-13-9(19-14-10)7-4-5-8(20-7)15(16)17/h4-5H,3,6,12H2,1-2H3. The molecule has 0 fully saturated rings. The summed E-state index contributed by atoms with van der Waals surface area (Å²) in [5.41, 5.74) is 5.18. The van der Waals surface area contributed by atoms with Crippen LogP contribution in [0.5, 0.6) is 0 Å². The Morgan fingerprint density at radius 2 is 2.35 bits per heavy atom. The van der Waals surface area contributed by atoms with E-state index in [1.807, 2.05) is 6.92 Å². The van der Waals surface area contributed by atoms with Crippen molar-refractivity contribution in [2.24, 2.45) is 5.73 Å². The number of hydrogen-bond acceptors (Lipinski definition) is 8. The number of nitro groups is 1. The van der Waals surface area contributed by atoms with Crippen LogP contribution in [0.4, 0.5) is 5.00 Å². The van der Waals surface area contributed by atoms with Crippen LogP contribution in [-0.4, -0.2) is 28.3 Å². The number of nitrogens with two attached hydrogens (primary N) is 1. The second-order valence-corrected chi connectivity index (χ2v) is 5.43. The van der Waals surface area contributed by atoms with E-state index in [9.17, 15) is 10.1 Å². The van der Waals surface area contributed by atoms with Gasteiger partial charge in [-0.05, 0) is 19.9 Å². The largest absolute Gasteiger partial charge is 0.379 e. The SMILES string of the molecule is CCOCC(C)(N)c1noc(-c2ccc([N+](=O)[O-])s2)n1. The normalized spacial score (nSPS) is 14.2. The highest BCUT2D eigenvalue weighted by Crippen LogP contribution is 2.32. The third-order valence-electron chi connectivity index (χ3n) is 2.53. The summed E-state index contributed by atoms with van der Waals surface area (Å²) >= 11 is 0.969. The van der Waals surface area contributed by atoms with E-state index in [-0.39, 0.29) is 17.5 Å². The fourth-order valence-electron chi connectivity index (χ4n) is 1.47. The van der Waals surface area contributed by atoms with Gasteiger partial charge in [0, 0.05) is 12.7 Å². The van der Waals surface area contributed by atoms with Gasteiger partial charge >= 0.3 is 5.00 Å². The molecule has 108 valence electrons. The first-order valence-electron chi connectivity index (χ1n) is 5.89. The van der Waals surface area contributed by atoms with Crippen molar-refractivity contribution in [3.63, 3.8) is 0 Å². The molecular formula is C11H14N4O4S. The zero-order valence-corrected chi connectivity index (χ0v) is 11.8. The monoisotopic (exact) mass is 298 g/mol. The number of nitrogens with zero attached hydrogens (tertiary/aromatic N) is 3. The van der Waals surface area contributed by atoms with Crippen molar-refractivity contribution in [3.05, 3.63) is 28.1 Å². The van der Waals surface area contributed by atoms with Crippen molar-refractivity contribution in [2.45, 2.75) is 19.4 Å². The van der Waals surface area contributed by atoms with E-state index >= 15 is 0 Å². The van der Waals surface area contributed by atoms with E-state index < -0.39 is 10.5 Å². The molecule has 20 heavy (non-hydrogen) atoms. The minimum atomic E-state index is -0.874. The molecule has 0 radical (unpaired) electrons. The highest BCUT2D eigenvalue weighted by atomic mass is 32.1. The van der Waals surface area contributed by atoms with Crippen molar-refractivity contribution in [2.75, 3.05) is 13.2 Å². The van der Waals surface area contributed by atoms with Crippen LogP contribution in [0.25, 0.3) is 10.8 Å². The van der Waals surface area contributed by atoms with E-state index in [2.05, 4.69) is 10.1 Å². The molecule has 0 saturated carbocycles. The number of ether oxygens (including phenoxy) is 1. The molecule has 2 aromatic rings. The third-order valence-corrected chi connectivity index (χ3v) is 3.55. The molecule has 0 aromatic carbocycles. The van der Waals surface area contributed by atoms with Gasteiger partial charge in [0.2, 0.25) is 0 Å². The minimum absolute atomic E-state index is 0.0181. The Bertz CT molecular complexity index is 607. The molecule has 2 aromatic heterocycles. The Morgan fingerprint density at radius 1 is 1.60 bits per heavy atom. The van der Waals surface area contributed by atoms with Crippen LogP contribution in [0.2, 0.25) is 0 Å². The lowest BCUT2D eigenvalue weighted by molar-refractivity contribution is -0.380. The molecule has 0 bridgehead atoms. The van der Waals surface area contributed by atoms with E-state index in [0.29, 0.717) is 17.3 Å². The molecule has 2 N–H and O–H groups in total. The van der Waals surface area contributed by atoms with Crippen LogP contribution >= 0.6 is 11.3 Å². The lowest BCUT2D eigenvalue weighted by atomic mass is 10.1. The number of rotatable bonds is 6. The summed E-state index contributed by atoms with van der Waals surface area (Å²) in [4.78, 5) is 14.9. The van der Waals surface area contributed by atoms with Gasteiger partial charge in [0.15, 0.2) is 5.82 Å². The lowest BCUT2D eigenvalue weighted by Gasteiger charge is -2.19. The molecule has 0 aliphatic heterocycles. The summed E-state index contributed by atoms with van der Waals surface area (Å²) in [7, 11) is 0. The van der Waals surface area contributed by atoms with E-state index in [0.717, 1.165) is 11.3 Å². The fourth-order valence-corrected chi connectivity index (χ4v) is 2.22. The zero-order chi connectivity index (χ0) is 14.8. The summed E-state index contributed by atoms with van der Waals surface area (Å²) in [5.74, 6) is 0.517. The van der Waals surface area contributed by atoms with Crippen LogP contribution in [0.15, 0.2) is 16.7 Å². The Morgan fingerprint density at radius 3 is 2.95 bits per heavy atom. The molecular weight excluding hydrogens is 284 g/mol. The predicted octanol–water partition coefficient (Wildman–Crippen LogP) is 1.92. The zero-order valence-electron chi connectivity index (χ0n) is 11.0. The summed E-state index contributed by atoms with van der Waals surface area (Å²) in [6, 6.07) is 2.96. The van der Waals surface area contributed by atoms with Crippen LogP contribution in [0, 0.1) is 10.1 Å². The van der Waals surface area contributed by atoms with E-state index in [1.165, 1.54) is 6.07 Å². The van der Waals surface area contributed by atoms with Gasteiger partial charge in [0.1, 0.15) is 5.54 Å². The Kier molecular flexibility index (Phi) is 4.12. The van der Waals surface area contributed by atoms with E-state index in [4.69, 9.17) is 15.0 Å². The highest BCUT2D eigenvalue weighted by Gasteiger charge is 2.28. The van der Waals surface area contributed by atoms with Gasteiger partial charge in [-0.15, -0.1) is 0 Å². The Hall–Kier alpha value is -1.84. The third kappa shape index (κ3) is 3.00. The van der Waals surface area contributed by atoms with Crippen molar-refractivity contribution in [1.82, 2.24) is 10.1 Å². The van der Waals surface area contributed by atoms with Gasteiger partial charge in [-0.25, -0.2) is 0 Å². The van der Waals surface area contributed by atoms with Gasteiger partial charge in [0.25, 0.3) is 5.89 Å². The molecule has 1 unspecified atom stereocenters. The van der Waals surface area contributed by atoms with Gasteiger partial charge in [-0.2, -0.15) is 4.98 Å². The van der Waals surface area contributed by atoms with Gasteiger partial charge in [0.05, 0.1) is 16.4 Å². The topological polar surface area (TPSA) is 117 Å². The summed E-state index contributed by atoms with van der Waals surface area (Å²) in [6.07, 6.45) is 0. The lowest BCUT2D eigenvalue weighted by Crippen LogP contribution is -2.39. The first kappa shape index (κ1) is 14.6. The van der Waals surface area contributed by atoms with E-state index in [1.54, 1.807) is 13.0 Å². The molecule has 0 aliphatic carbocycles. The molecule has 9 heteroatoms. The maximum atomic E-state index is 10.6.